The molecule has 2 amide bonds. The van der Waals surface area contributed by atoms with E-state index in [1.54, 1.807) is 42.5 Å². The van der Waals surface area contributed by atoms with E-state index in [-0.39, 0.29) is 12.5 Å². The van der Waals surface area contributed by atoms with Gasteiger partial charge in [-0.1, -0.05) is 35.4 Å². The van der Waals surface area contributed by atoms with Crippen molar-refractivity contribution in [2.24, 2.45) is 5.10 Å². The molecule has 0 atom stereocenters. The third-order valence-corrected chi connectivity index (χ3v) is 4.60. The Labute approximate surface area is 191 Å². The Morgan fingerprint density at radius 1 is 1.06 bits per heavy atom. The van der Waals surface area contributed by atoms with Crippen LogP contribution in [0.15, 0.2) is 71.8 Å². The first-order chi connectivity index (χ1) is 15.4. The van der Waals surface area contributed by atoms with Gasteiger partial charge in [0.1, 0.15) is 11.5 Å². The van der Waals surface area contributed by atoms with Crippen LogP contribution in [-0.4, -0.2) is 31.7 Å². The van der Waals surface area contributed by atoms with Crippen LogP contribution in [0, 0.1) is 6.92 Å². The number of aryl methyl sites for hydroxylation is 1. The number of hydrogen-bond donors (Lipinski definition) is 2. The molecule has 0 unspecified atom stereocenters. The molecule has 0 radical (unpaired) electrons. The summed E-state index contributed by atoms with van der Waals surface area (Å²) < 4.78 is 10.7. The topological polar surface area (TPSA) is 89.0 Å². The predicted molar refractivity (Wildman–Crippen MR) is 125 cm³/mol. The highest BCUT2D eigenvalue weighted by Gasteiger charge is 2.09. The van der Waals surface area contributed by atoms with Crippen molar-refractivity contribution in [3.8, 4) is 11.5 Å². The number of carbonyl (C=O) groups is 2. The zero-order chi connectivity index (χ0) is 22.9. The number of hydrogen-bond acceptors (Lipinski definition) is 5. The van der Waals surface area contributed by atoms with Crippen molar-refractivity contribution >= 4 is 35.3 Å². The maximum Gasteiger partial charge on any atom is 0.271 e. The van der Waals surface area contributed by atoms with E-state index in [2.05, 4.69) is 15.8 Å². The Bertz CT molecular complexity index is 1130. The Balaban J connectivity index is 1.62. The minimum Gasteiger partial charge on any atom is -0.497 e. The summed E-state index contributed by atoms with van der Waals surface area (Å²) >= 11 is 6.07. The molecule has 3 rings (SSSR count). The summed E-state index contributed by atoms with van der Waals surface area (Å²) in [4.78, 5) is 24.5. The van der Waals surface area contributed by atoms with Crippen LogP contribution in [0.25, 0.3) is 0 Å². The third kappa shape index (κ3) is 6.58. The summed E-state index contributed by atoms with van der Waals surface area (Å²) in [6.07, 6.45) is 1.40. The fraction of sp³-hybridized carbons (Fsp3) is 0.125. The van der Waals surface area contributed by atoms with Gasteiger partial charge in [0, 0.05) is 21.8 Å². The molecule has 0 aliphatic carbocycles. The van der Waals surface area contributed by atoms with E-state index < -0.39 is 5.91 Å². The average molecular weight is 452 g/mol. The second-order valence-electron chi connectivity index (χ2n) is 6.82. The number of nitrogens with one attached hydrogen (secondary N) is 2. The molecule has 0 saturated heterocycles. The number of amides is 2. The quantitative estimate of drug-likeness (QED) is 0.391. The zero-order valence-electron chi connectivity index (χ0n) is 17.6. The van der Waals surface area contributed by atoms with Crippen LogP contribution >= 0.6 is 11.6 Å². The summed E-state index contributed by atoms with van der Waals surface area (Å²) in [6, 6.07) is 19.0. The first kappa shape index (κ1) is 22.8. The molecule has 8 heteroatoms. The zero-order valence-corrected chi connectivity index (χ0v) is 18.3. The maximum atomic E-state index is 12.3. The molecule has 3 aromatic carbocycles. The van der Waals surface area contributed by atoms with Crippen molar-refractivity contribution in [2.45, 2.75) is 6.92 Å². The molecule has 0 aliphatic heterocycles. The van der Waals surface area contributed by atoms with Crippen LogP contribution < -0.4 is 20.2 Å². The number of rotatable bonds is 8. The first-order valence-corrected chi connectivity index (χ1v) is 10.1. The SMILES string of the molecule is COc1cccc(C(=O)N/N=C/c2cc(Cl)ccc2OCC(=O)Nc2ccc(C)cc2)c1. The van der Waals surface area contributed by atoms with Crippen molar-refractivity contribution < 1.29 is 19.1 Å². The van der Waals surface area contributed by atoms with E-state index in [1.807, 2.05) is 31.2 Å². The fourth-order valence-corrected chi connectivity index (χ4v) is 2.90. The smallest absolute Gasteiger partial charge is 0.271 e. The molecular weight excluding hydrogens is 430 g/mol. The number of benzene rings is 3. The lowest BCUT2D eigenvalue weighted by atomic mass is 10.2. The summed E-state index contributed by atoms with van der Waals surface area (Å²) in [5, 5.41) is 7.20. The van der Waals surface area contributed by atoms with E-state index >= 15 is 0 Å². The van der Waals surface area contributed by atoms with Gasteiger partial charge in [0.05, 0.1) is 13.3 Å². The van der Waals surface area contributed by atoms with E-state index in [0.29, 0.717) is 33.3 Å². The maximum absolute atomic E-state index is 12.3. The number of halogens is 1. The van der Waals surface area contributed by atoms with Crippen LogP contribution in [-0.2, 0) is 4.79 Å². The van der Waals surface area contributed by atoms with E-state index in [0.717, 1.165) is 5.56 Å². The van der Waals surface area contributed by atoms with Gasteiger partial charge in [-0.2, -0.15) is 5.10 Å². The van der Waals surface area contributed by atoms with Gasteiger partial charge in [0.25, 0.3) is 11.8 Å². The highest BCUT2D eigenvalue weighted by Crippen LogP contribution is 2.21. The van der Waals surface area contributed by atoms with Crippen molar-refractivity contribution in [1.82, 2.24) is 5.43 Å². The average Bonchev–Trinajstić information content (AvgIpc) is 2.80. The number of nitrogens with zero attached hydrogens (tertiary/aromatic N) is 1. The van der Waals surface area contributed by atoms with Crippen molar-refractivity contribution in [3.63, 3.8) is 0 Å². The summed E-state index contributed by atoms with van der Waals surface area (Å²) in [5.41, 5.74) is 5.13. The molecule has 2 N–H and O–H groups in total. The number of ether oxygens (including phenoxy) is 2. The first-order valence-electron chi connectivity index (χ1n) is 9.71. The van der Waals surface area contributed by atoms with Gasteiger partial charge in [-0.15, -0.1) is 0 Å². The van der Waals surface area contributed by atoms with Crippen molar-refractivity contribution in [1.29, 1.82) is 0 Å². The van der Waals surface area contributed by atoms with Crippen molar-refractivity contribution in [2.75, 3.05) is 19.0 Å². The number of anilines is 1. The lowest BCUT2D eigenvalue weighted by Gasteiger charge is -2.10. The molecule has 0 spiro atoms. The van der Waals surface area contributed by atoms with E-state index in [9.17, 15) is 9.59 Å². The highest BCUT2D eigenvalue weighted by molar-refractivity contribution is 6.30. The Kier molecular flexibility index (Phi) is 7.83. The van der Waals surface area contributed by atoms with Crippen LogP contribution in [0.4, 0.5) is 5.69 Å². The van der Waals surface area contributed by atoms with E-state index in [4.69, 9.17) is 21.1 Å². The van der Waals surface area contributed by atoms with Crippen LogP contribution in [0.5, 0.6) is 11.5 Å². The molecule has 164 valence electrons. The standard InChI is InChI=1S/C24H22ClN3O4/c1-16-6-9-20(10-7-16)27-23(29)15-32-22-11-8-19(25)12-18(22)14-26-28-24(30)17-4-3-5-21(13-17)31-2/h3-14H,15H2,1-2H3,(H,27,29)(H,28,30)/b26-14+. The number of methoxy groups -OCH3 is 1. The largest absolute Gasteiger partial charge is 0.497 e. The molecule has 0 aliphatic rings. The Morgan fingerprint density at radius 3 is 2.59 bits per heavy atom. The minimum atomic E-state index is -0.401. The minimum absolute atomic E-state index is 0.202. The fourth-order valence-electron chi connectivity index (χ4n) is 2.72. The van der Waals surface area contributed by atoms with Gasteiger partial charge in [0.2, 0.25) is 0 Å². The third-order valence-electron chi connectivity index (χ3n) is 4.37. The normalized spacial score (nSPS) is 10.6. The molecule has 3 aromatic rings. The summed E-state index contributed by atoms with van der Waals surface area (Å²) in [5.74, 6) is 0.254. The molecule has 0 bridgehead atoms. The second kappa shape index (κ2) is 11.0. The lowest BCUT2D eigenvalue weighted by Crippen LogP contribution is -2.20. The van der Waals surface area contributed by atoms with E-state index in [1.165, 1.54) is 13.3 Å². The van der Waals surface area contributed by atoms with Gasteiger partial charge in [-0.3, -0.25) is 9.59 Å². The van der Waals surface area contributed by atoms with Gasteiger partial charge in [-0.25, -0.2) is 5.43 Å². The van der Waals surface area contributed by atoms with Crippen LogP contribution in [0.2, 0.25) is 5.02 Å². The molecule has 0 fully saturated rings. The van der Waals surface area contributed by atoms with Gasteiger partial charge >= 0.3 is 0 Å². The Morgan fingerprint density at radius 2 is 1.84 bits per heavy atom. The molecule has 0 aromatic heterocycles. The summed E-state index contributed by atoms with van der Waals surface area (Å²) in [7, 11) is 1.52. The Hall–Kier alpha value is -3.84. The molecule has 32 heavy (non-hydrogen) atoms. The van der Waals surface area contributed by atoms with Gasteiger partial charge in [-0.05, 0) is 55.5 Å². The molecule has 0 saturated carbocycles. The number of hydrazone groups is 1. The molecule has 7 nitrogen and oxygen atoms in total. The molecule has 0 heterocycles. The second-order valence-corrected chi connectivity index (χ2v) is 7.25. The lowest BCUT2D eigenvalue weighted by molar-refractivity contribution is -0.118. The van der Waals surface area contributed by atoms with Gasteiger partial charge in [0.15, 0.2) is 6.61 Å². The highest BCUT2D eigenvalue weighted by atomic mass is 35.5. The predicted octanol–water partition coefficient (Wildman–Crippen LogP) is 4.44. The number of carbonyl (C=O) groups excluding carboxylic acids is 2. The monoisotopic (exact) mass is 451 g/mol. The van der Waals surface area contributed by atoms with Crippen LogP contribution in [0.1, 0.15) is 21.5 Å². The molecular formula is C24H22ClN3O4. The van der Waals surface area contributed by atoms with Crippen molar-refractivity contribution in [3.05, 3.63) is 88.4 Å². The van der Waals surface area contributed by atoms with Gasteiger partial charge < -0.3 is 14.8 Å². The summed E-state index contributed by atoms with van der Waals surface area (Å²) in [6.45, 7) is 1.77. The van der Waals surface area contributed by atoms with Crippen LogP contribution in [0.3, 0.4) is 0 Å².